The van der Waals surface area contributed by atoms with Crippen LogP contribution in [-0.4, -0.2) is 22.2 Å². The van der Waals surface area contributed by atoms with Crippen LogP contribution in [0.3, 0.4) is 0 Å². The average Bonchev–Trinajstić information content (AvgIpc) is 2.43. The third-order valence-electron chi connectivity index (χ3n) is 4.89. The average molecular weight is 288 g/mol. The maximum absolute atomic E-state index is 10.4. The Hall–Kier alpha value is -1.43. The summed E-state index contributed by atoms with van der Waals surface area (Å²) < 4.78 is 0. The molecule has 21 heavy (non-hydrogen) atoms. The summed E-state index contributed by atoms with van der Waals surface area (Å²) >= 11 is 0. The number of nitrogens with one attached hydrogen (secondary N) is 2. The van der Waals surface area contributed by atoms with Crippen LogP contribution in [0.15, 0.2) is 24.3 Å². The van der Waals surface area contributed by atoms with E-state index in [9.17, 15) is 5.11 Å². The smallest absolute Gasteiger partial charge is 0.108 e. The molecule has 2 aliphatic heterocycles. The number of rotatable bonds is 1. The number of aliphatic hydroxyl groups is 1. The van der Waals surface area contributed by atoms with E-state index < -0.39 is 6.10 Å². The predicted molar refractivity (Wildman–Crippen MR) is 82.8 cm³/mol. The monoisotopic (exact) mass is 288 g/mol. The molecule has 3 aliphatic rings. The zero-order valence-corrected chi connectivity index (χ0v) is 12.6. The SMILES string of the molecule is CC1(C)NC[C@H](O)c2cccc(n2)/C(NN)=C/C2CC1C2. The molecule has 5 nitrogen and oxygen atoms in total. The van der Waals surface area contributed by atoms with Gasteiger partial charge in [0.25, 0.3) is 0 Å². The van der Waals surface area contributed by atoms with Gasteiger partial charge in [-0.25, -0.2) is 4.98 Å². The van der Waals surface area contributed by atoms with Gasteiger partial charge in [-0.2, -0.15) is 0 Å². The van der Waals surface area contributed by atoms with Crippen LogP contribution >= 0.6 is 0 Å². The zero-order chi connectivity index (χ0) is 15.0. The van der Waals surface area contributed by atoms with Crippen molar-refractivity contribution in [1.29, 1.82) is 0 Å². The lowest BCUT2D eigenvalue weighted by Crippen LogP contribution is -2.52. The van der Waals surface area contributed by atoms with Crippen molar-refractivity contribution >= 4 is 5.70 Å². The number of hydrogen-bond donors (Lipinski definition) is 4. The van der Waals surface area contributed by atoms with E-state index >= 15 is 0 Å². The van der Waals surface area contributed by atoms with Crippen LogP contribution in [0.5, 0.6) is 0 Å². The number of fused-ring (bicyclic) bond motifs is 3. The number of β-amino-alcohol motifs (C(OH)–C–C–N with tert-alkyl or cyclic N) is 1. The Balaban J connectivity index is 1.97. The Kier molecular flexibility index (Phi) is 3.73. The van der Waals surface area contributed by atoms with Gasteiger partial charge in [0.15, 0.2) is 0 Å². The van der Waals surface area contributed by atoms with Gasteiger partial charge < -0.3 is 15.8 Å². The number of nitrogens with two attached hydrogens (primary N) is 1. The Bertz CT molecular complexity index is 549. The van der Waals surface area contributed by atoms with Crippen LogP contribution in [0.4, 0.5) is 0 Å². The minimum atomic E-state index is -0.612. The summed E-state index contributed by atoms with van der Waals surface area (Å²) in [6.45, 7) is 4.93. The first kappa shape index (κ1) is 14.5. The molecular weight excluding hydrogens is 264 g/mol. The normalized spacial score (nSPS) is 33.7. The number of hydrogen-bond acceptors (Lipinski definition) is 5. The molecular formula is C16H24N4O. The number of aliphatic hydroxyl groups excluding tert-OH is 1. The van der Waals surface area contributed by atoms with E-state index in [-0.39, 0.29) is 5.54 Å². The summed E-state index contributed by atoms with van der Waals surface area (Å²) in [6, 6.07) is 5.68. The molecule has 1 aromatic heterocycles. The lowest BCUT2D eigenvalue weighted by atomic mass is 9.65. The lowest BCUT2D eigenvalue weighted by molar-refractivity contribution is 0.0935. The van der Waals surface area contributed by atoms with Crippen LogP contribution in [0.25, 0.3) is 5.70 Å². The van der Waals surface area contributed by atoms with Crippen molar-refractivity contribution in [3.63, 3.8) is 0 Å². The molecule has 5 heteroatoms. The molecule has 0 unspecified atom stereocenters. The summed E-state index contributed by atoms with van der Waals surface area (Å²) in [7, 11) is 0. The molecule has 0 amide bonds. The topological polar surface area (TPSA) is 83.2 Å². The van der Waals surface area contributed by atoms with E-state index in [2.05, 4.69) is 35.7 Å². The summed E-state index contributed by atoms with van der Waals surface area (Å²) in [6.07, 6.45) is 3.84. The lowest BCUT2D eigenvalue weighted by Gasteiger charge is -2.45. The second-order valence-electron chi connectivity index (χ2n) is 6.72. The molecule has 4 bridgehead atoms. The molecule has 1 aliphatic carbocycles. The third kappa shape index (κ3) is 2.81. The number of allylic oxidation sites excluding steroid dienone is 1. The van der Waals surface area contributed by atoms with E-state index in [0.717, 1.165) is 24.2 Å². The molecule has 1 fully saturated rings. The van der Waals surface area contributed by atoms with Gasteiger partial charge in [-0.05, 0) is 50.7 Å². The number of nitrogens with zero attached hydrogens (tertiary/aromatic N) is 1. The highest BCUT2D eigenvalue weighted by atomic mass is 16.3. The molecule has 0 spiro atoms. The fourth-order valence-corrected chi connectivity index (χ4v) is 3.23. The van der Waals surface area contributed by atoms with Gasteiger partial charge in [-0.15, -0.1) is 0 Å². The fraction of sp³-hybridized carbons (Fsp3) is 0.562. The van der Waals surface area contributed by atoms with Crippen LogP contribution < -0.4 is 16.6 Å². The first-order valence-corrected chi connectivity index (χ1v) is 7.58. The standard InChI is InChI=1S/C16H24N4O/c1-16(2)11-6-10(7-11)8-14(20-17)12-4-3-5-13(19-12)15(21)9-18-16/h3-5,8,10-11,15,18,20-21H,6-7,9,17H2,1-2H3/b14-8-/t10?,11?,15-/m0/s1. The van der Waals surface area contributed by atoms with Crippen molar-refractivity contribution in [2.24, 2.45) is 17.7 Å². The van der Waals surface area contributed by atoms with Crippen LogP contribution in [-0.2, 0) is 0 Å². The van der Waals surface area contributed by atoms with Crippen LogP contribution in [0.1, 0.15) is 44.2 Å². The third-order valence-corrected chi connectivity index (χ3v) is 4.89. The molecule has 0 aromatic carbocycles. The minimum absolute atomic E-state index is 0.0262. The fourth-order valence-electron chi connectivity index (χ4n) is 3.23. The van der Waals surface area contributed by atoms with Gasteiger partial charge in [0, 0.05) is 12.1 Å². The molecule has 1 atom stereocenters. The molecule has 0 saturated heterocycles. The van der Waals surface area contributed by atoms with Gasteiger partial charge in [0.2, 0.25) is 0 Å². The van der Waals surface area contributed by atoms with Gasteiger partial charge in [-0.1, -0.05) is 12.1 Å². The maximum Gasteiger partial charge on any atom is 0.108 e. The Labute approximate surface area is 125 Å². The Morgan fingerprint density at radius 2 is 2.14 bits per heavy atom. The van der Waals surface area contributed by atoms with Gasteiger partial charge >= 0.3 is 0 Å². The number of aromatic nitrogens is 1. The van der Waals surface area contributed by atoms with Gasteiger partial charge in [0.1, 0.15) is 6.10 Å². The summed E-state index contributed by atoms with van der Waals surface area (Å²) in [4.78, 5) is 4.54. The van der Waals surface area contributed by atoms with Crippen LogP contribution in [0.2, 0.25) is 0 Å². The summed E-state index contributed by atoms with van der Waals surface area (Å²) in [5.41, 5.74) is 5.09. The Morgan fingerprint density at radius 1 is 1.38 bits per heavy atom. The van der Waals surface area contributed by atoms with Crippen molar-refractivity contribution < 1.29 is 5.11 Å². The molecule has 0 radical (unpaired) electrons. The van der Waals surface area contributed by atoms with Crippen molar-refractivity contribution in [1.82, 2.24) is 15.7 Å². The van der Waals surface area contributed by atoms with Gasteiger partial charge in [0.05, 0.1) is 17.1 Å². The molecule has 4 rings (SSSR count). The van der Waals surface area contributed by atoms with E-state index in [1.54, 1.807) is 0 Å². The maximum atomic E-state index is 10.4. The van der Waals surface area contributed by atoms with Crippen molar-refractivity contribution in [3.05, 3.63) is 35.7 Å². The minimum Gasteiger partial charge on any atom is -0.385 e. The van der Waals surface area contributed by atoms with Crippen molar-refractivity contribution in [3.8, 4) is 0 Å². The summed E-state index contributed by atoms with van der Waals surface area (Å²) in [5, 5.41) is 13.8. The number of pyridine rings is 1. The highest BCUT2D eigenvalue weighted by molar-refractivity contribution is 5.60. The molecule has 3 heterocycles. The van der Waals surface area contributed by atoms with Crippen LogP contribution in [0, 0.1) is 11.8 Å². The highest BCUT2D eigenvalue weighted by Crippen LogP contribution is 2.42. The van der Waals surface area contributed by atoms with E-state index in [1.807, 2.05) is 18.2 Å². The Morgan fingerprint density at radius 3 is 2.86 bits per heavy atom. The highest BCUT2D eigenvalue weighted by Gasteiger charge is 2.39. The number of hydrazine groups is 1. The summed E-state index contributed by atoms with van der Waals surface area (Å²) in [5.74, 6) is 6.82. The quantitative estimate of drug-likeness (QED) is 0.463. The second-order valence-corrected chi connectivity index (χ2v) is 6.72. The van der Waals surface area contributed by atoms with Crippen molar-refractivity contribution in [2.45, 2.75) is 38.3 Å². The van der Waals surface area contributed by atoms with E-state index in [0.29, 0.717) is 24.1 Å². The molecule has 1 saturated carbocycles. The molecule has 114 valence electrons. The van der Waals surface area contributed by atoms with E-state index in [1.165, 1.54) is 0 Å². The molecule has 5 N–H and O–H groups in total. The molecule has 1 aromatic rings. The van der Waals surface area contributed by atoms with Gasteiger partial charge in [-0.3, -0.25) is 5.84 Å². The first-order valence-electron chi connectivity index (χ1n) is 7.58. The second kappa shape index (κ2) is 5.40. The largest absolute Gasteiger partial charge is 0.385 e. The predicted octanol–water partition coefficient (Wildman–Crippen LogP) is 1.33. The zero-order valence-electron chi connectivity index (χ0n) is 12.6. The first-order chi connectivity index (χ1) is 9.99. The van der Waals surface area contributed by atoms with Crippen molar-refractivity contribution in [2.75, 3.05) is 6.54 Å². The van der Waals surface area contributed by atoms with E-state index in [4.69, 9.17) is 5.84 Å².